The summed E-state index contributed by atoms with van der Waals surface area (Å²) in [6.07, 6.45) is 3.31. The second kappa shape index (κ2) is 3.28. The van der Waals surface area contributed by atoms with Gasteiger partial charge in [0.05, 0.1) is 0 Å². The number of phenolic OH excluding ortho intramolecular Hbond substituents is 1. The Bertz CT molecular complexity index is 320. The Morgan fingerprint density at radius 1 is 1.36 bits per heavy atom. The summed E-state index contributed by atoms with van der Waals surface area (Å²) >= 11 is 0. The Labute approximate surface area is 84.7 Å². The van der Waals surface area contributed by atoms with Crippen LogP contribution in [0.5, 0.6) is 5.75 Å². The van der Waals surface area contributed by atoms with Crippen LogP contribution in [-0.4, -0.2) is 5.11 Å². The average Bonchev–Trinajstić information content (AvgIpc) is 2.48. The van der Waals surface area contributed by atoms with Gasteiger partial charge in [-0.1, -0.05) is 19.1 Å². The van der Waals surface area contributed by atoms with Crippen LogP contribution in [0.1, 0.15) is 31.7 Å². The van der Waals surface area contributed by atoms with E-state index >= 15 is 0 Å². The first-order chi connectivity index (χ1) is 6.60. The molecule has 1 aromatic rings. The summed E-state index contributed by atoms with van der Waals surface area (Å²) in [7, 11) is 0. The first-order valence-corrected chi connectivity index (χ1v) is 5.18. The third-order valence-electron chi connectivity index (χ3n) is 3.24. The molecule has 1 aromatic carbocycles. The SMILES string of the molecule is CC1CCC(N)(c2ccc(O)cc2)C1. The van der Waals surface area contributed by atoms with Crippen LogP contribution in [0.25, 0.3) is 0 Å². The zero-order valence-electron chi connectivity index (χ0n) is 8.53. The molecule has 1 saturated carbocycles. The van der Waals surface area contributed by atoms with E-state index in [9.17, 15) is 5.11 Å². The van der Waals surface area contributed by atoms with Crippen molar-refractivity contribution in [2.45, 2.75) is 31.7 Å². The van der Waals surface area contributed by atoms with Crippen LogP contribution < -0.4 is 5.73 Å². The second-order valence-corrected chi connectivity index (χ2v) is 4.55. The predicted octanol–water partition coefficient (Wildman–Crippen LogP) is 2.37. The van der Waals surface area contributed by atoms with Gasteiger partial charge in [-0.05, 0) is 42.9 Å². The molecule has 2 nitrogen and oxygen atoms in total. The molecule has 1 aliphatic rings. The van der Waals surface area contributed by atoms with Gasteiger partial charge in [0, 0.05) is 5.54 Å². The Morgan fingerprint density at radius 2 is 2.00 bits per heavy atom. The molecule has 14 heavy (non-hydrogen) atoms. The van der Waals surface area contributed by atoms with E-state index in [1.807, 2.05) is 12.1 Å². The number of benzene rings is 1. The maximum atomic E-state index is 9.19. The first kappa shape index (κ1) is 9.53. The van der Waals surface area contributed by atoms with Crippen molar-refractivity contribution >= 4 is 0 Å². The molecule has 76 valence electrons. The highest BCUT2D eigenvalue weighted by Gasteiger charge is 2.34. The summed E-state index contributed by atoms with van der Waals surface area (Å²) in [6.45, 7) is 2.25. The van der Waals surface area contributed by atoms with Crippen LogP contribution in [0.4, 0.5) is 0 Å². The van der Waals surface area contributed by atoms with Gasteiger partial charge < -0.3 is 10.8 Å². The van der Waals surface area contributed by atoms with E-state index in [-0.39, 0.29) is 5.54 Å². The lowest BCUT2D eigenvalue weighted by atomic mass is 9.88. The molecule has 2 unspecified atom stereocenters. The summed E-state index contributed by atoms with van der Waals surface area (Å²) in [5, 5.41) is 9.19. The van der Waals surface area contributed by atoms with E-state index < -0.39 is 0 Å². The van der Waals surface area contributed by atoms with Gasteiger partial charge >= 0.3 is 0 Å². The molecule has 0 amide bonds. The lowest BCUT2D eigenvalue weighted by molar-refractivity contribution is 0.438. The lowest BCUT2D eigenvalue weighted by Crippen LogP contribution is -2.33. The predicted molar refractivity (Wildman–Crippen MR) is 57.0 cm³/mol. The van der Waals surface area contributed by atoms with E-state index in [1.54, 1.807) is 12.1 Å². The summed E-state index contributed by atoms with van der Waals surface area (Å²) < 4.78 is 0. The fourth-order valence-corrected chi connectivity index (χ4v) is 2.39. The summed E-state index contributed by atoms with van der Waals surface area (Å²) in [5.74, 6) is 1.03. The minimum atomic E-state index is -0.160. The van der Waals surface area contributed by atoms with Crippen molar-refractivity contribution in [2.75, 3.05) is 0 Å². The van der Waals surface area contributed by atoms with Gasteiger partial charge in [0.2, 0.25) is 0 Å². The molecule has 3 N–H and O–H groups in total. The largest absolute Gasteiger partial charge is 0.508 e. The standard InChI is InChI=1S/C12H17NO/c1-9-6-7-12(13,8-9)10-2-4-11(14)5-3-10/h2-5,9,14H,6-8,13H2,1H3. The van der Waals surface area contributed by atoms with E-state index in [0.29, 0.717) is 11.7 Å². The summed E-state index contributed by atoms with van der Waals surface area (Å²) in [5.41, 5.74) is 7.33. The zero-order valence-corrected chi connectivity index (χ0v) is 8.53. The van der Waals surface area contributed by atoms with Gasteiger partial charge in [0.1, 0.15) is 5.75 Å². The highest BCUT2D eigenvalue weighted by atomic mass is 16.3. The highest BCUT2D eigenvalue weighted by Crippen LogP contribution is 2.39. The van der Waals surface area contributed by atoms with Gasteiger partial charge in [0.15, 0.2) is 0 Å². The smallest absolute Gasteiger partial charge is 0.115 e. The molecule has 0 saturated heterocycles. The number of rotatable bonds is 1. The van der Waals surface area contributed by atoms with Crippen LogP contribution >= 0.6 is 0 Å². The van der Waals surface area contributed by atoms with Crippen LogP contribution in [0.15, 0.2) is 24.3 Å². The molecule has 0 aliphatic heterocycles. The minimum absolute atomic E-state index is 0.160. The number of nitrogens with two attached hydrogens (primary N) is 1. The average molecular weight is 191 g/mol. The fraction of sp³-hybridized carbons (Fsp3) is 0.500. The number of hydrogen-bond donors (Lipinski definition) is 2. The maximum Gasteiger partial charge on any atom is 0.115 e. The molecule has 2 atom stereocenters. The number of aromatic hydroxyl groups is 1. The molecule has 0 radical (unpaired) electrons. The van der Waals surface area contributed by atoms with Crippen molar-refractivity contribution < 1.29 is 5.11 Å². The van der Waals surface area contributed by atoms with E-state index in [4.69, 9.17) is 5.73 Å². The maximum absolute atomic E-state index is 9.19. The summed E-state index contributed by atoms with van der Waals surface area (Å²) in [4.78, 5) is 0. The van der Waals surface area contributed by atoms with Crippen molar-refractivity contribution in [3.05, 3.63) is 29.8 Å². The number of phenols is 1. The molecule has 0 aromatic heterocycles. The van der Waals surface area contributed by atoms with Gasteiger partial charge in [-0.25, -0.2) is 0 Å². The Morgan fingerprint density at radius 3 is 2.50 bits per heavy atom. The molecular weight excluding hydrogens is 174 g/mol. The molecule has 0 heterocycles. The van der Waals surface area contributed by atoms with Crippen molar-refractivity contribution in [3.8, 4) is 5.75 Å². The van der Waals surface area contributed by atoms with Crippen molar-refractivity contribution in [3.63, 3.8) is 0 Å². The molecule has 0 spiro atoms. The Hall–Kier alpha value is -1.02. The summed E-state index contributed by atoms with van der Waals surface area (Å²) in [6, 6.07) is 7.31. The van der Waals surface area contributed by atoms with Crippen LogP contribution in [0.2, 0.25) is 0 Å². The van der Waals surface area contributed by atoms with Crippen molar-refractivity contribution in [2.24, 2.45) is 11.7 Å². The zero-order chi connectivity index (χ0) is 10.2. The molecule has 1 aliphatic carbocycles. The van der Waals surface area contributed by atoms with Crippen LogP contribution in [0, 0.1) is 5.92 Å². The van der Waals surface area contributed by atoms with Gasteiger partial charge in [-0.3, -0.25) is 0 Å². The number of hydrogen-bond acceptors (Lipinski definition) is 2. The molecular formula is C12H17NO. The molecule has 2 heteroatoms. The Kier molecular flexibility index (Phi) is 2.23. The first-order valence-electron chi connectivity index (χ1n) is 5.18. The second-order valence-electron chi connectivity index (χ2n) is 4.55. The monoisotopic (exact) mass is 191 g/mol. The minimum Gasteiger partial charge on any atom is -0.508 e. The molecule has 2 rings (SSSR count). The van der Waals surface area contributed by atoms with E-state index in [1.165, 1.54) is 6.42 Å². The normalized spacial score (nSPS) is 32.0. The van der Waals surface area contributed by atoms with Crippen LogP contribution in [-0.2, 0) is 5.54 Å². The van der Waals surface area contributed by atoms with Gasteiger partial charge in [-0.2, -0.15) is 0 Å². The van der Waals surface area contributed by atoms with E-state index in [0.717, 1.165) is 18.4 Å². The van der Waals surface area contributed by atoms with Gasteiger partial charge in [-0.15, -0.1) is 0 Å². The molecule has 1 fully saturated rings. The topological polar surface area (TPSA) is 46.2 Å². The Balaban J connectivity index is 2.26. The highest BCUT2D eigenvalue weighted by molar-refractivity contribution is 5.31. The van der Waals surface area contributed by atoms with Gasteiger partial charge in [0.25, 0.3) is 0 Å². The van der Waals surface area contributed by atoms with Crippen molar-refractivity contribution in [1.82, 2.24) is 0 Å². The molecule has 0 bridgehead atoms. The van der Waals surface area contributed by atoms with Crippen LogP contribution in [0.3, 0.4) is 0 Å². The third-order valence-corrected chi connectivity index (χ3v) is 3.24. The third kappa shape index (κ3) is 1.62. The van der Waals surface area contributed by atoms with E-state index in [2.05, 4.69) is 6.92 Å². The van der Waals surface area contributed by atoms with Crippen molar-refractivity contribution in [1.29, 1.82) is 0 Å². The fourth-order valence-electron chi connectivity index (χ4n) is 2.39. The quantitative estimate of drug-likeness (QED) is 0.715. The lowest BCUT2D eigenvalue weighted by Gasteiger charge is -2.24.